The maximum absolute atomic E-state index is 5.88. The normalized spacial score (nSPS) is 18.6. The van der Waals surface area contributed by atoms with E-state index in [-0.39, 0.29) is 0 Å². The fourth-order valence-corrected chi connectivity index (χ4v) is 2.71. The van der Waals surface area contributed by atoms with E-state index in [4.69, 9.17) is 10.5 Å². The maximum Gasteiger partial charge on any atom is 0.119 e. The number of nitrogens with one attached hydrogen (secondary N) is 1. The molecule has 1 atom stereocenters. The smallest absolute Gasteiger partial charge is 0.119 e. The Morgan fingerprint density at radius 3 is 2.56 bits per heavy atom. The second kappa shape index (κ2) is 7.12. The van der Waals surface area contributed by atoms with Gasteiger partial charge in [-0.15, -0.1) is 0 Å². The lowest BCUT2D eigenvalue weighted by atomic mass is 9.85. The summed E-state index contributed by atoms with van der Waals surface area (Å²) in [5.74, 6) is 2.09. The molecule has 1 aliphatic heterocycles. The van der Waals surface area contributed by atoms with Gasteiger partial charge in [0.25, 0.3) is 0 Å². The molecule has 0 saturated carbocycles. The molecule has 1 unspecified atom stereocenters. The van der Waals surface area contributed by atoms with Crippen molar-refractivity contribution >= 4 is 15.9 Å². The molecule has 100 valence electrons. The zero-order valence-electron chi connectivity index (χ0n) is 10.6. The lowest BCUT2D eigenvalue weighted by molar-refractivity contribution is 0.172. The molecule has 1 aliphatic rings. The van der Waals surface area contributed by atoms with E-state index in [9.17, 15) is 0 Å². The number of hydrogen-bond acceptors (Lipinski definition) is 3. The molecule has 18 heavy (non-hydrogen) atoms. The van der Waals surface area contributed by atoms with E-state index in [1.165, 1.54) is 12.8 Å². The van der Waals surface area contributed by atoms with Gasteiger partial charge in [0, 0.05) is 10.4 Å². The summed E-state index contributed by atoms with van der Waals surface area (Å²) in [4.78, 5) is 0. The van der Waals surface area contributed by atoms with Crippen molar-refractivity contribution in [2.75, 3.05) is 26.2 Å². The monoisotopic (exact) mass is 312 g/mol. The molecule has 0 radical (unpaired) electrons. The summed E-state index contributed by atoms with van der Waals surface area (Å²) < 4.78 is 6.92. The highest BCUT2D eigenvalue weighted by molar-refractivity contribution is 9.10. The van der Waals surface area contributed by atoms with Crippen LogP contribution in [0.4, 0.5) is 0 Å². The van der Waals surface area contributed by atoms with Crippen molar-refractivity contribution in [3.63, 3.8) is 0 Å². The van der Waals surface area contributed by atoms with Gasteiger partial charge in [0.15, 0.2) is 0 Å². The van der Waals surface area contributed by atoms with E-state index < -0.39 is 0 Å². The first-order chi connectivity index (χ1) is 8.79. The third-order valence-electron chi connectivity index (χ3n) is 3.63. The Balaban J connectivity index is 1.84. The maximum atomic E-state index is 5.88. The summed E-state index contributed by atoms with van der Waals surface area (Å²) in [7, 11) is 0. The molecule has 3 nitrogen and oxygen atoms in total. The topological polar surface area (TPSA) is 47.3 Å². The van der Waals surface area contributed by atoms with Crippen LogP contribution in [0, 0.1) is 11.8 Å². The van der Waals surface area contributed by atoms with E-state index >= 15 is 0 Å². The molecule has 1 fully saturated rings. The first-order valence-corrected chi connectivity index (χ1v) is 7.38. The average Bonchev–Trinajstić information content (AvgIpc) is 2.43. The SMILES string of the molecule is NCC(COc1ccc(Br)cc1)C1CCNCC1. The highest BCUT2D eigenvalue weighted by Crippen LogP contribution is 2.23. The fraction of sp³-hybridized carbons (Fsp3) is 0.571. The van der Waals surface area contributed by atoms with Crippen LogP contribution >= 0.6 is 15.9 Å². The van der Waals surface area contributed by atoms with Gasteiger partial charge >= 0.3 is 0 Å². The van der Waals surface area contributed by atoms with Crippen molar-refractivity contribution in [2.24, 2.45) is 17.6 Å². The third kappa shape index (κ3) is 3.97. The number of halogens is 1. The van der Waals surface area contributed by atoms with Gasteiger partial charge in [-0.3, -0.25) is 0 Å². The molecule has 1 aromatic rings. The molecule has 1 aromatic carbocycles. The van der Waals surface area contributed by atoms with Crippen molar-refractivity contribution < 1.29 is 4.74 Å². The van der Waals surface area contributed by atoms with Crippen molar-refractivity contribution in [3.8, 4) is 5.75 Å². The van der Waals surface area contributed by atoms with E-state index in [0.29, 0.717) is 18.4 Å². The zero-order valence-corrected chi connectivity index (χ0v) is 12.2. The number of rotatable bonds is 5. The van der Waals surface area contributed by atoms with Crippen LogP contribution in [0.15, 0.2) is 28.7 Å². The van der Waals surface area contributed by atoms with Crippen LogP contribution < -0.4 is 15.8 Å². The van der Waals surface area contributed by atoms with Gasteiger partial charge in [0.1, 0.15) is 5.75 Å². The van der Waals surface area contributed by atoms with Crippen LogP contribution in [0.5, 0.6) is 5.75 Å². The number of piperidine rings is 1. The van der Waals surface area contributed by atoms with Crippen LogP contribution in [0.1, 0.15) is 12.8 Å². The minimum absolute atomic E-state index is 0.468. The molecule has 0 aromatic heterocycles. The van der Waals surface area contributed by atoms with Gasteiger partial charge in [-0.05, 0) is 62.7 Å². The second-order valence-electron chi connectivity index (χ2n) is 4.85. The highest BCUT2D eigenvalue weighted by Gasteiger charge is 2.22. The highest BCUT2D eigenvalue weighted by atomic mass is 79.9. The van der Waals surface area contributed by atoms with E-state index in [0.717, 1.165) is 29.9 Å². The van der Waals surface area contributed by atoms with Gasteiger partial charge in [-0.25, -0.2) is 0 Å². The van der Waals surface area contributed by atoms with E-state index in [1.807, 2.05) is 24.3 Å². The van der Waals surface area contributed by atoms with Gasteiger partial charge in [0.2, 0.25) is 0 Å². The summed E-state index contributed by atoms with van der Waals surface area (Å²) >= 11 is 3.42. The Hall–Kier alpha value is -0.580. The van der Waals surface area contributed by atoms with Gasteiger partial charge in [-0.1, -0.05) is 15.9 Å². The lowest BCUT2D eigenvalue weighted by Crippen LogP contribution is -2.37. The molecule has 1 heterocycles. The number of hydrogen-bond donors (Lipinski definition) is 2. The van der Waals surface area contributed by atoms with Gasteiger partial charge < -0.3 is 15.8 Å². The Morgan fingerprint density at radius 2 is 1.94 bits per heavy atom. The average molecular weight is 313 g/mol. The summed E-state index contributed by atoms with van der Waals surface area (Å²) in [6.07, 6.45) is 2.43. The molecule has 0 bridgehead atoms. The largest absolute Gasteiger partial charge is 0.493 e. The minimum Gasteiger partial charge on any atom is -0.493 e. The third-order valence-corrected chi connectivity index (χ3v) is 4.16. The second-order valence-corrected chi connectivity index (χ2v) is 5.76. The molecule has 0 amide bonds. The summed E-state index contributed by atoms with van der Waals surface area (Å²) in [5, 5.41) is 3.39. The Kier molecular flexibility index (Phi) is 5.47. The predicted octanol–water partition coefficient (Wildman–Crippen LogP) is 2.40. The van der Waals surface area contributed by atoms with Crippen LogP contribution in [-0.4, -0.2) is 26.2 Å². The molecule has 3 N–H and O–H groups in total. The van der Waals surface area contributed by atoms with Crippen LogP contribution in [-0.2, 0) is 0 Å². The van der Waals surface area contributed by atoms with Gasteiger partial charge in [0.05, 0.1) is 6.61 Å². The number of ether oxygens (including phenoxy) is 1. The first-order valence-electron chi connectivity index (χ1n) is 6.58. The Bertz CT molecular complexity index is 349. The van der Waals surface area contributed by atoms with Crippen molar-refractivity contribution in [1.29, 1.82) is 0 Å². The number of benzene rings is 1. The Morgan fingerprint density at radius 1 is 1.28 bits per heavy atom. The zero-order chi connectivity index (χ0) is 12.8. The van der Waals surface area contributed by atoms with Crippen LogP contribution in [0.3, 0.4) is 0 Å². The molecule has 2 rings (SSSR count). The molecule has 4 heteroatoms. The molecule has 0 aliphatic carbocycles. The summed E-state index contributed by atoms with van der Waals surface area (Å²) in [6, 6.07) is 7.97. The quantitative estimate of drug-likeness (QED) is 0.877. The fourth-order valence-electron chi connectivity index (χ4n) is 2.45. The molecule has 0 spiro atoms. The Labute approximate surface area is 117 Å². The molecule has 1 saturated heterocycles. The van der Waals surface area contributed by atoms with Crippen molar-refractivity contribution in [1.82, 2.24) is 5.32 Å². The molecular formula is C14H21BrN2O. The summed E-state index contributed by atoms with van der Waals surface area (Å²) in [5.41, 5.74) is 5.88. The van der Waals surface area contributed by atoms with Crippen molar-refractivity contribution in [2.45, 2.75) is 12.8 Å². The van der Waals surface area contributed by atoms with Crippen LogP contribution in [0.25, 0.3) is 0 Å². The van der Waals surface area contributed by atoms with E-state index in [2.05, 4.69) is 21.2 Å². The first kappa shape index (κ1) is 13.8. The lowest BCUT2D eigenvalue weighted by Gasteiger charge is -2.29. The van der Waals surface area contributed by atoms with E-state index in [1.54, 1.807) is 0 Å². The van der Waals surface area contributed by atoms with Crippen LogP contribution in [0.2, 0.25) is 0 Å². The predicted molar refractivity (Wildman–Crippen MR) is 77.8 cm³/mol. The number of nitrogens with two attached hydrogens (primary N) is 1. The van der Waals surface area contributed by atoms with Crippen molar-refractivity contribution in [3.05, 3.63) is 28.7 Å². The standard InChI is InChI=1S/C14H21BrN2O/c15-13-1-3-14(4-2-13)18-10-12(9-16)11-5-7-17-8-6-11/h1-4,11-12,17H,5-10,16H2. The summed E-state index contributed by atoms with van der Waals surface area (Å²) in [6.45, 7) is 3.66. The molecular weight excluding hydrogens is 292 g/mol. The van der Waals surface area contributed by atoms with Gasteiger partial charge in [-0.2, -0.15) is 0 Å². The minimum atomic E-state index is 0.468.